The molecule has 0 aromatic heterocycles. The fourth-order valence-corrected chi connectivity index (χ4v) is 8.14. The molecule has 0 radical (unpaired) electrons. The second-order valence-corrected chi connectivity index (χ2v) is 11.4. The standard InChI is InChI=1S/C21H24N4O6S/c22-9-21-10-24(7-13(21)8-32(30,31)11-21)6-12-1-2-14-15(5-12)20(29)25(19(14)28)16-3-4-17(26)23-18(16)27/h1-2,5,13,16H,3-4,6-11,22H2,(H,23,26,27)/t13-,16?,21+/m0/s1. The van der Waals surface area contributed by atoms with E-state index >= 15 is 0 Å². The molecule has 5 rings (SSSR count). The van der Waals surface area contributed by atoms with Crippen LogP contribution in [0.3, 0.4) is 0 Å². The monoisotopic (exact) mass is 460 g/mol. The third-order valence-electron chi connectivity index (χ3n) is 7.16. The molecule has 4 aliphatic heterocycles. The highest BCUT2D eigenvalue weighted by molar-refractivity contribution is 7.91. The predicted octanol–water partition coefficient (Wildman–Crippen LogP) is -1.11. The van der Waals surface area contributed by atoms with Crippen molar-refractivity contribution >= 4 is 33.5 Å². The Morgan fingerprint density at radius 2 is 1.88 bits per heavy atom. The molecule has 170 valence electrons. The van der Waals surface area contributed by atoms with Gasteiger partial charge < -0.3 is 5.73 Å². The maximum atomic E-state index is 13.0. The second kappa shape index (κ2) is 7.19. The number of likely N-dealkylation sites (tertiary alicyclic amines) is 1. The van der Waals surface area contributed by atoms with Crippen molar-refractivity contribution in [2.24, 2.45) is 17.1 Å². The number of rotatable bonds is 4. The smallest absolute Gasteiger partial charge is 0.262 e. The molecule has 4 heterocycles. The first kappa shape index (κ1) is 21.2. The van der Waals surface area contributed by atoms with Crippen LogP contribution in [0.2, 0.25) is 0 Å². The predicted molar refractivity (Wildman–Crippen MR) is 112 cm³/mol. The zero-order chi connectivity index (χ0) is 22.8. The molecular formula is C21H24N4O6S. The van der Waals surface area contributed by atoms with Crippen LogP contribution in [0.4, 0.5) is 0 Å². The van der Waals surface area contributed by atoms with Gasteiger partial charge in [-0.15, -0.1) is 0 Å². The Morgan fingerprint density at radius 1 is 1.12 bits per heavy atom. The van der Waals surface area contributed by atoms with E-state index in [9.17, 15) is 27.6 Å². The molecule has 0 bridgehead atoms. The van der Waals surface area contributed by atoms with Gasteiger partial charge in [0.05, 0.1) is 22.6 Å². The average molecular weight is 461 g/mol. The molecule has 1 aromatic rings. The Balaban J connectivity index is 1.34. The van der Waals surface area contributed by atoms with Crippen LogP contribution in [0.15, 0.2) is 18.2 Å². The van der Waals surface area contributed by atoms with Gasteiger partial charge in [0.25, 0.3) is 11.8 Å². The molecule has 0 aliphatic carbocycles. The molecule has 10 nitrogen and oxygen atoms in total. The summed E-state index contributed by atoms with van der Waals surface area (Å²) in [6.45, 7) is 2.00. The molecule has 0 saturated carbocycles. The highest BCUT2D eigenvalue weighted by atomic mass is 32.2. The van der Waals surface area contributed by atoms with Crippen molar-refractivity contribution in [1.29, 1.82) is 0 Å². The van der Waals surface area contributed by atoms with Crippen LogP contribution in [0.5, 0.6) is 0 Å². The number of nitrogens with two attached hydrogens (primary N) is 1. The van der Waals surface area contributed by atoms with E-state index in [-0.39, 0.29) is 41.4 Å². The summed E-state index contributed by atoms with van der Waals surface area (Å²) in [5.74, 6) is -1.87. The minimum absolute atomic E-state index is 0.00171. The minimum atomic E-state index is -3.07. The van der Waals surface area contributed by atoms with E-state index in [1.807, 2.05) is 0 Å². The lowest BCUT2D eigenvalue weighted by molar-refractivity contribution is -0.136. The van der Waals surface area contributed by atoms with E-state index in [2.05, 4.69) is 10.2 Å². The number of benzene rings is 1. The fraction of sp³-hybridized carbons (Fsp3) is 0.524. The van der Waals surface area contributed by atoms with Gasteiger partial charge in [0.2, 0.25) is 11.8 Å². The highest BCUT2D eigenvalue weighted by Crippen LogP contribution is 2.43. The van der Waals surface area contributed by atoms with E-state index in [4.69, 9.17) is 5.73 Å². The number of hydrogen-bond donors (Lipinski definition) is 2. The van der Waals surface area contributed by atoms with E-state index in [1.54, 1.807) is 18.2 Å². The lowest BCUT2D eigenvalue weighted by Crippen LogP contribution is -2.54. The number of nitrogens with zero attached hydrogens (tertiary/aromatic N) is 2. The van der Waals surface area contributed by atoms with Gasteiger partial charge in [-0.25, -0.2) is 8.42 Å². The van der Waals surface area contributed by atoms with Crippen molar-refractivity contribution in [1.82, 2.24) is 15.1 Å². The van der Waals surface area contributed by atoms with Crippen molar-refractivity contribution in [2.75, 3.05) is 31.1 Å². The molecule has 3 N–H and O–H groups in total. The van der Waals surface area contributed by atoms with Crippen LogP contribution in [0, 0.1) is 11.3 Å². The van der Waals surface area contributed by atoms with E-state index < -0.39 is 44.9 Å². The van der Waals surface area contributed by atoms with E-state index in [0.29, 0.717) is 26.2 Å². The molecule has 0 spiro atoms. The Labute approximate surface area is 185 Å². The number of hydrogen-bond acceptors (Lipinski definition) is 8. The largest absolute Gasteiger partial charge is 0.330 e. The fourth-order valence-electron chi connectivity index (χ4n) is 5.63. The van der Waals surface area contributed by atoms with E-state index in [1.165, 1.54) is 0 Å². The van der Waals surface area contributed by atoms with Crippen LogP contribution in [-0.2, 0) is 26.0 Å². The van der Waals surface area contributed by atoms with Crippen molar-refractivity contribution in [2.45, 2.75) is 25.4 Å². The lowest BCUT2D eigenvalue weighted by Gasteiger charge is -2.27. The summed E-state index contributed by atoms with van der Waals surface area (Å²) in [4.78, 5) is 52.5. The number of piperidine rings is 1. The van der Waals surface area contributed by atoms with Crippen LogP contribution < -0.4 is 11.1 Å². The van der Waals surface area contributed by atoms with Crippen molar-refractivity contribution in [3.05, 3.63) is 34.9 Å². The Hall–Kier alpha value is -2.63. The zero-order valence-electron chi connectivity index (χ0n) is 17.4. The number of nitrogens with one attached hydrogen (secondary N) is 1. The van der Waals surface area contributed by atoms with Gasteiger partial charge in [-0.05, 0) is 30.0 Å². The maximum absolute atomic E-state index is 13.0. The van der Waals surface area contributed by atoms with Crippen molar-refractivity contribution < 1.29 is 27.6 Å². The Morgan fingerprint density at radius 3 is 2.56 bits per heavy atom. The molecule has 1 aromatic carbocycles. The van der Waals surface area contributed by atoms with Crippen LogP contribution in [0.1, 0.15) is 39.1 Å². The third kappa shape index (κ3) is 3.26. The number of imide groups is 2. The topological polar surface area (TPSA) is 147 Å². The Bertz CT molecular complexity index is 1160. The third-order valence-corrected chi connectivity index (χ3v) is 9.09. The number of fused-ring (bicyclic) bond motifs is 2. The van der Waals surface area contributed by atoms with E-state index in [0.717, 1.165) is 10.5 Å². The van der Waals surface area contributed by atoms with Gasteiger partial charge >= 0.3 is 0 Å². The summed E-state index contributed by atoms with van der Waals surface area (Å²) in [6, 6.07) is 4.05. The van der Waals surface area contributed by atoms with Gasteiger partial charge in [-0.3, -0.25) is 34.3 Å². The molecule has 11 heteroatoms. The average Bonchev–Trinajstić information content (AvgIpc) is 3.26. The zero-order valence-corrected chi connectivity index (χ0v) is 18.2. The summed E-state index contributed by atoms with van der Waals surface area (Å²) < 4.78 is 24.2. The van der Waals surface area contributed by atoms with Gasteiger partial charge in [0.15, 0.2) is 9.84 Å². The molecular weight excluding hydrogens is 436 g/mol. The molecule has 3 saturated heterocycles. The lowest BCUT2D eigenvalue weighted by atomic mass is 9.81. The quantitative estimate of drug-likeness (QED) is 0.538. The van der Waals surface area contributed by atoms with Crippen molar-refractivity contribution in [3.8, 4) is 0 Å². The highest BCUT2D eigenvalue weighted by Gasteiger charge is 2.54. The number of carbonyl (C=O) groups excluding carboxylic acids is 4. The summed E-state index contributed by atoms with van der Waals surface area (Å²) >= 11 is 0. The van der Waals surface area contributed by atoms with Gasteiger partial charge in [0, 0.05) is 38.0 Å². The van der Waals surface area contributed by atoms with Crippen LogP contribution in [0.25, 0.3) is 0 Å². The van der Waals surface area contributed by atoms with Gasteiger partial charge in [-0.1, -0.05) is 6.07 Å². The molecule has 3 atom stereocenters. The molecule has 3 fully saturated rings. The van der Waals surface area contributed by atoms with Gasteiger partial charge in [0.1, 0.15) is 6.04 Å². The summed E-state index contributed by atoms with van der Waals surface area (Å²) in [5, 5.41) is 2.18. The molecule has 1 unspecified atom stereocenters. The summed E-state index contributed by atoms with van der Waals surface area (Å²) in [5.41, 5.74) is 6.85. The van der Waals surface area contributed by atoms with Gasteiger partial charge in [-0.2, -0.15) is 0 Å². The summed E-state index contributed by atoms with van der Waals surface area (Å²) in [6.07, 6.45) is 0.187. The molecule has 32 heavy (non-hydrogen) atoms. The van der Waals surface area contributed by atoms with Crippen LogP contribution >= 0.6 is 0 Å². The van der Waals surface area contributed by atoms with Crippen molar-refractivity contribution in [3.63, 3.8) is 0 Å². The molecule has 4 amide bonds. The minimum Gasteiger partial charge on any atom is -0.330 e. The Kier molecular flexibility index (Phi) is 4.77. The normalized spacial score (nSPS) is 31.7. The first-order chi connectivity index (χ1) is 15.1. The first-order valence-electron chi connectivity index (χ1n) is 10.6. The number of sulfone groups is 1. The second-order valence-electron chi connectivity index (χ2n) is 9.31. The molecule has 4 aliphatic rings. The summed E-state index contributed by atoms with van der Waals surface area (Å²) in [7, 11) is -3.07. The number of amides is 4. The maximum Gasteiger partial charge on any atom is 0.262 e. The SMILES string of the molecule is NC[C@]12CN(Cc3ccc4c(c3)C(=O)N(C3CCC(=O)NC3=O)C4=O)C[C@H]1CS(=O)(=O)C2. The van der Waals surface area contributed by atoms with Crippen LogP contribution in [-0.4, -0.2) is 79.0 Å². The number of carbonyl (C=O) groups is 4. The first-order valence-corrected chi connectivity index (χ1v) is 12.4.